The number of piperazine rings is 1. The van der Waals surface area contributed by atoms with Gasteiger partial charge in [0.2, 0.25) is 0 Å². The van der Waals surface area contributed by atoms with Gasteiger partial charge in [-0.2, -0.15) is 0 Å². The van der Waals surface area contributed by atoms with Gasteiger partial charge in [0.1, 0.15) is 11.3 Å². The Labute approximate surface area is 153 Å². The normalized spacial score (nSPS) is 24.8. The van der Waals surface area contributed by atoms with Gasteiger partial charge in [0.15, 0.2) is 0 Å². The monoisotopic (exact) mass is 357 g/mol. The standard InChI is InChI=1S/C20H27N3O3/c1-14-12-15-13-16(6-7-19(15)26-14)21-20(25)23-10-8-22(9-11-23)17-4-2-3-5-18(17)24/h6-7,12-13,17-18,24H,2-5,8-11H2,1H3,(H,21,25)/t17-,18-/m0/s1. The third-order valence-corrected chi connectivity index (χ3v) is 5.66. The van der Waals surface area contributed by atoms with E-state index in [0.29, 0.717) is 13.1 Å². The molecule has 1 aromatic heterocycles. The Bertz CT molecular complexity index is 780. The zero-order valence-electron chi connectivity index (χ0n) is 15.3. The van der Waals surface area contributed by atoms with Gasteiger partial charge in [0, 0.05) is 43.3 Å². The fourth-order valence-electron chi connectivity index (χ4n) is 4.23. The SMILES string of the molecule is Cc1cc2cc(NC(=O)N3CCN([C@H]4CCCC[C@@H]4O)CC3)ccc2o1. The van der Waals surface area contributed by atoms with Gasteiger partial charge >= 0.3 is 6.03 Å². The van der Waals surface area contributed by atoms with E-state index in [1.54, 1.807) is 0 Å². The Hall–Kier alpha value is -2.05. The summed E-state index contributed by atoms with van der Waals surface area (Å²) in [5, 5.41) is 14.2. The molecule has 6 nitrogen and oxygen atoms in total. The maximum Gasteiger partial charge on any atom is 0.321 e. The van der Waals surface area contributed by atoms with Crippen LogP contribution in [0.5, 0.6) is 0 Å². The highest BCUT2D eigenvalue weighted by molar-refractivity contribution is 5.92. The molecular formula is C20H27N3O3. The van der Waals surface area contributed by atoms with Crippen LogP contribution < -0.4 is 5.32 Å². The highest BCUT2D eigenvalue weighted by Gasteiger charge is 2.31. The van der Waals surface area contributed by atoms with Gasteiger partial charge in [0.05, 0.1) is 6.10 Å². The lowest BCUT2D eigenvalue weighted by atomic mass is 9.91. The van der Waals surface area contributed by atoms with Crippen LogP contribution in [0.25, 0.3) is 11.0 Å². The summed E-state index contributed by atoms with van der Waals surface area (Å²) in [4.78, 5) is 16.8. The first-order chi connectivity index (χ1) is 12.6. The van der Waals surface area contributed by atoms with E-state index in [1.165, 1.54) is 6.42 Å². The Kier molecular flexibility index (Phi) is 4.87. The molecular weight excluding hydrogens is 330 g/mol. The van der Waals surface area contributed by atoms with Gasteiger partial charge in [-0.05, 0) is 44.0 Å². The summed E-state index contributed by atoms with van der Waals surface area (Å²) in [5.41, 5.74) is 1.62. The Morgan fingerprint density at radius 3 is 2.69 bits per heavy atom. The first-order valence-corrected chi connectivity index (χ1v) is 9.58. The summed E-state index contributed by atoms with van der Waals surface area (Å²) in [6, 6.07) is 7.88. The Balaban J connectivity index is 1.34. The Morgan fingerprint density at radius 2 is 1.92 bits per heavy atom. The molecule has 4 rings (SSSR count). The van der Waals surface area contributed by atoms with Crippen LogP contribution in [0.4, 0.5) is 10.5 Å². The number of carbonyl (C=O) groups is 1. The number of nitrogens with one attached hydrogen (secondary N) is 1. The van der Waals surface area contributed by atoms with Crippen LogP contribution in [0.3, 0.4) is 0 Å². The third-order valence-electron chi connectivity index (χ3n) is 5.66. The van der Waals surface area contributed by atoms with Crippen molar-refractivity contribution in [2.75, 3.05) is 31.5 Å². The average molecular weight is 357 g/mol. The van der Waals surface area contributed by atoms with E-state index in [4.69, 9.17) is 4.42 Å². The number of anilines is 1. The van der Waals surface area contributed by atoms with Gasteiger partial charge in [-0.15, -0.1) is 0 Å². The zero-order chi connectivity index (χ0) is 18.1. The maximum absolute atomic E-state index is 12.6. The van der Waals surface area contributed by atoms with Crippen molar-refractivity contribution in [3.05, 3.63) is 30.0 Å². The smallest absolute Gasteiger partial charge is 0.321 e. The lowest BCUT2D eigenvalue weighted by molar-refractivity contribution is 0.00275. The molecule has 2 heterocycles. The number of urea groups is 1. The number of benzene rings is 1. The molecule has 0 spiro atoms. The number of hydrogen-bond donors (Lipinski definition) is 2. The fourth-order valence-corrected chi connectivity index (χ4v) is 4.23. The van der Waals surface area contributed by atoms with Crippen molar-refractivity contribution in [2.45, 2.75) is 44.8 Å². The van der Waals surface area contributed by atoms with Crippen LogP contribution in [0.15, 0.2) is 28.7 Å². The number of amides is 2. The number of aryl methyl sites for hydroxylation is 1. The van der Waals surface area contributed by atoms with Crippen molar-refractivity contribution in [2.24, 2.45) is 0 Å². The Morgan fingerprint density at radius 1 is 1.15 bits per heavy atom. The van der Waals surface area contributed by atoms with Crippen molar-refractivity contribution < 1.29 is 14.3 Å². The third kappa shape index (κ3) is 3.57. The number of aliphatic hydroxyl groups is 1. The molecule has 2 atom stereocenters. The van der Waals surface area contributed by atoms with Crippen molar-refractivity contribution in [3.8, 4) is 0 Å². The zero-order valence-corrected chi connectivity index (χ0v) is 15.3. The summed E-state index contributed by atoms with van der Waals surface area (Å²) in [7, 11) is 0. The molecule has 1 saturated carbocycles. The van der Waals surface area contributed by atoms with Crippen LogP contribution in [0.1, 0.15) is 31.4 Å². The minimum absolute atomic E-state index is 0.0617. The molecule has 2 fully saturated rings. The van der Waals surface area contributed by atoms with Crippen LogP contribution in [-0.2, 0) is 0 Å². The molecule has 0 bridgehead atoms. The first-order valence-electron chi connectivity index (χ1n) is 9.58. The molecule has 2 amide bonds. The van der Waals surface area contributed by atoms with E-state index in [1.807, 2.05) is 36.1 Å². The van der Waals surface area contributed by atoms with Crippen LogP contribution >= 0.6 is 0 Å². The van der Waals surface area contributed by atoms with E-state index >= 15 is 0 Å². The number of carbonyl (C=O) groups excluding carboxylic acids is 1. The maximum atomic E-state index is 12.6. The average Bonchev–Trinajstić information content (AvgIpc) is 3.01. The number of hydrogen-bond acceptors (Lipinski definition) is 4. The van der Waals surface area contributed by atoms with E-state index in [2.05, 4.69) is 10.2 Å². The number of nitrogens with zero attached hydrogens (tertiary/aromatic N) is 2. The summed E-state index contributed by atoms with van der Waals surface area (Å²) >= 11 is 0. The summed E-state index contributed by atoms with van der Waals surface area (Å²) < 4.78 is 5.57. The lowest BCUT2D eigenvalue weighted by Crippen LogP contribution is -2.56. The predicted octanol–water partition coefficient (Wildman–Crippen LogP) is 3.19. The van der Waals surface area contributed by atoms with Crippen molar-refractivity contribution >= 4 is 22.7 Å². The van der Waals surface area contributed by atoms with Crippen LogP contribution in [0.2, 0.25) is 0 Å². The molecule has 2 aromatic rings. The second-order valence-electron chi connectivity index (χ2n) is 7.48. The minimum atomic E-state index is -0.214. The fraction of sp³-hybridized carbons (Fsp3) is 0.550. The second-order valence-corrected chi connectivity index (χ2v) is 7.48. The van der Waals surface area contributed by atoms with Crippen LogP contribution in [0, 0.1) is 6.92 Å². The molecule has 140 valence electrons. The molecule has 0 unspecified atom stereocenters. The van der Waals surface area contributed by atoms with Gasteiger partial charge in [-0.1, -0.05) is 12.8 Å². The quantitative estimate of drug-likeness (QED) is 0.866. The highest BCUT2D eigenvalue weighted by Crippen LogP contribution is 2.25. The van der Waals surface area contributed by atoms with E-state index in [9.17, 15) is 9.90 Å². The predicted molar refractivity (Wildman–Crippen MR) is 101 cm³/mol. The molecule has 1 aliphatic carbocycles. The minimum Gasteiger partial charge on any atom is -0.461 e. The molecule has 26 heavy (non-hydrogen) atoms. The number of fused-ring (bicyclic) bond motifs is 1. The second kappa shape index (κ2) is 7.29. The molecule has 6 heteroatoms. The number of furan rings is 1. The van der Waals surface area contributed by atoms with E-state index in [-0.39, 0.29) is 18.2 Å². The molecule has 1 aliphatic heterocycles. The van der Waals surface area contributed by atoms with E-state index < -0.39 is 0 Å². The lowest BCUT2D eigenvalue weighted by Gasteiger charge is -2.42. The van der Waals surface area contributed by atoms with E-state index in [0.717, 1.165) is 54.8 Å². The number of aliphatic hydroxyl groups excluding tert-OH is 1. The van der Waals surface area contributed by atoms with Crippen molar-refractivity contribution in [1.29, 1.82) is 0 Å². The number of rotatable bonds is 2. The van der Waals surface area contributed by atoms with Crippen molar-refractivity contribution in [3.63, 3.8) is 0 Å². The van der Waals surface area contributed by atoms with Crippen molar-refractivity contribution in [1.82, 2.24) is 9.80 Å². The molecule has 2 N–H and O–H groups in total. The molecule has 2 aliphatic rings. The summed E-state index contributed by atoms with van der Waals surface area (Å²) in [6.45, 7) is 4.97. The van der Waals surface area contributed by atoms with Crippen LogP contribution in [-0.4, -0.2) is 59.3 Å². The highest BCUT2D eigenvalue weighted by atomic mass is 16.3. The topological polar surface area (TPSA) is 69.0 Å². The molecule has 1 saturated heterocycles. The summed E-state index contributed by atoms with van der Waals surface area (Å²) in [6.07, 6.45) is 4.08. The summed E-state index contributed by atoms with van der Waals surface area (Å²) in [5.74, 6) is 0.865. The first kappa shape index (κ1) is 17.4. The van der Waals surface area contributed by atoms with Gasteiger partial charge in [0.25, 0.3) is 0 Å². The molecule has 1 aromatic carbocycles. The van der Waals surface area contributed by atoms with Gasteiger partial charge in [-0.25, -0.2) is 4.79 Å². The van der Waals surface area contributed by atoms with Gasteiger partial charge in [-0.3, -0.25) is 4.90 Å². The largest absolute Gasteiger partial charge is 0.461 e. The van der Waals surface area contributed by atoms with Gasteiger partial charge < -0.3 is 19.7 Å². The molecule has 0 radical (unpaired) electrons.